The molecule has 0 aliphatic rings. The number of carbonyl (C=O) groups is 2. The molecule has 0 saturated carbocycles. The summed E-state index contributed by atoms with van der Waals surface area (Å²) in [5, 5.41) is 13.1. The molecule has 0 spiro atoms. The molecule has 0 fully saturated rings. The lowest BCUT2D eigenvalue weighted by molar-refractivity contribution is -0.124. The van der Waals surface area contributed by atoms with Gasteiger partial charge in [-0.1, -0.05) is 65.6 Å². The molecule has 0 saturated heterocycles. The second-order valence-corrected chi connectivity index (χ2v) is 6.11. The monoisotopic (exact) mass is 472 g/mol. The number of hydrazine groups is 1. The quantitative estimate of drug-likeness (QED) is 0.143. The standard InChI is InChI=1S/C16H17IN4O3S/c1-2-3-9-21(25-12-18)20-15(22)14(10-17)19-16(23)24-11-13-7-5-4-6-8-13/h2-9,14H,1,10-11H2,(H,19,23)(H,20,22)/b9-3-/t14-/m0/s1. The molecule has 1 aromatic rings. The van der Waals surface area contributed by atoms with Crippen LogP contribution in [0.5, 0.6) is 0 Å². The van der Waals surface area contributed by atoms with Crippen LogP contribution in [-0.2, 0) is 16.1 Å². The van der Waals surface area contributed by atoms with Crippen LogP contribution in [0.4, 0.5) is 4.79 Å². The van der Waals surface area contributed by atoms with Crippen molar-refractivity contribution in [2.75, 3.05) is 4.43 Å². The molecule has 7 nitrogen and oxygen atoms in total. The predicted molar refractivity (Wildman–Crippen MR) is 105 cm³/mol. The molecule has 0 aliphatic heterocycles. The summed E-state index contributed by atoms with van der Waals surface area (Å²) >= 11 is 2.70. The topological polar surface area (TPSA) is 94.5 Å². The largest absolute Gasteiger partial charge is 0.445 e. The Morgan fingerprint density at radius 1 is 1.44 bits per heavy atom. The third-order valence-electron chi connectivity index (χ3n) is 2.69. The molecule has 0 radical (unpaired) electrons. The van der Waals surface area contributed by atoms with Crippen molar-refractivity contribution in [1.82, 2.24) is 15.2 Å². The number of nitrogens with one attached hydrogen (secondary N) is 2. The molecule has 0 bridgehead atoms. The third-order valence-corrected chi connectivity index (χ3v) is 4.06. The number of nitrogens with zero attached hydrogens (tertiary/aromatic N) is 2. The number of carbonyl (C=O) groups excluding carboxylic acids is 2. The van der Waals surface area contributed by atoms with Crippen LogP contribution in [0.3, 0.4) is 0 Å². The number of alkyl halides is 1. The Labute approximate surface area is 164 Å². The number of allylic oxidation sites excluding steroid dienone is 2. The summed E-state index contributed by atoms with van der Waals surface area (Å²) in [6.45, 7) is 3.63. The molecule has 132 valence electrons. The van der Waals surface area contributed by atoms with Crippen LogP contribution in [0.15, 0.2) is 55.3 Å². The Bertz CT molecular complexity index is 649. The van der Waals surface area contributed by atoms with Gasteiger partial charge in [0.05, 0.1) is 11.9 Å². The van der Waals surface area contributed by atoms with Crippen LogP contribution in [0.1, 0.15) is 5.56 Å². The molecular weight excluding hydrogens is 455 g/mol. The third kappa shape index (κ3) is 8.46. The summed E-state index contributed by atoms with van der Waals surface area (Å²) in [6.07, 6.45) is 3.84. The van der Waals surface area contributed by atoms with E-state index < -0.39 is 18.0 Å². The van der Waals surface area contributed by atoms with E-state index in [4.69, 9.17) is 10.00 Å². The van der Waals surface area contributed by atoms with Gasteiger partial charge in [0.15, 0.2) is 5.40 Å². The summed E-state index contributed by atoms with van der Waals surface area (Å²) in [6, 6.07) is 8.41. The zero-order chi connectivity index (χ0) is 18.5. The van der Waals surface area contributed by atoms with E-state index in [0.29, 0.717) is 4.43 Å². The molecule has 1 rings (SSSR count). The minimum atomic E-state index is -0.803. The van der Waals surface area contributed by atoms with Crippen LogP contribution in [-0.4, -0.2) is 26.9 Å². The number of ether oxygens (including phenoxy) is 1. The summed E-state index contributed by atoms with van der Waals surface area (Å²) < 4.78 is 6.65. The number of hydrogen-bond donors (Lipinski definition) is 2. The maximum Gasteiger partial charge on any atom is 0.408 e. The van der Waals surface area contributed by atoms with Gasteiger partial charge in [-0.2, -0.15) is 5.26 Å². The van der Waals surface area contributed by atoms with Crippen LogP contribution in [0.25, 0.3) is 0 Å². The Hall–Kier alpha value is -2.19. The van der Waals surface area contributed by atoms with E-state index in [1.807, 2.05) is 58.3 Å². The van der Waals surface area contributed by atoms with E-state index >= 15 is 0 Å². The minimum Gasteiger partial charge on any atom is -0.445 e. The van der Waals surface area contributed by atoms with Crippen LogP contribution < -0.4 is 10.7 Å². The molecule has 0 heterocycles. The fraction of sp³-hybridized carbons (Fsp3) is 0.188. The second-order valence-electron chi connectivity index (χ2n) is 4.47. The zero-order valence-corrected chi connectivity index (χ0v) is 16.2. The van der Waals surface area contributed by atoms with Gasteiger partial charge >= 0.3 is 6.09 Å². The minimum absolute atomic E-state index is 0.112. The van der Waals surface area contributed by atoms with E-state index in [1.54, 1.807) is 6.08 Å². The molecule has 9 heteroatoms. The lowest BCUT2D eigenvalue weighted by atomic mass is 10.2. The first-order valence-corrected chi connectivity index (χ1v) is 9.38. The van der Waals surface area contributed by atoms with Gasteiger partial charge in [0.2, 0.25) is 0 Å². The average molecular weight is 472 g/mol. The fourth-order valence-corrected chi connectivity index (χ4v) is 2.52. The van der Waals surface area contributed by atoms with Crippen LogP contribution >= 0.6 is 34.5 Å². The zero-order valence-electron chi connectivity index (χ0n) is 13.2. The predicted octanol–water partition coefficient (Wildman–Crippen LogP) is 2.88. The van der Waals surface area contributed by atoms with Crippen molar-refractivity contribution >= 4 is 46.5 Å². The van der Waals surface area contributed by atoms with Crippen molar-refractivity contribution in [2.45, 2.75) is 12.6 Å². The number of benzene rings is 1. The molecule has 0 unspecified atom stereocenters. The summed E-state index contributed by atoms with van der Waals surface area (Å²) in [4.78, 5) is 24.1. The fourth-order valence-electron chi connectivity index (χ4n) is 1.54. The molecule has 1 atom stereocenters. The number of halogens is 1. The molecule has 0 aromatic heterocycles. The molecule has 2 N–H and O–H groups in total. The van der Waals surface area contributed by atoms with Crippen molar-refractivity contribution in [1.29, 1.82) is 5.26 Å². The van der Waals surface area contributed by atoms with E-state index in [9.17, 15) is 9.59 Å². The number of thiocyanates is 1. The van der Waals surface area contributed by atoms with Crippen molar-refractivity contribution in [2.24, 2.45) is 0 Å². The van der Waals surface area contributed by atoms with Gasteiger partial charge in [-0.25, -0.2) is 9.21 Å². The van der Waals surface area contributed by atoms with E-state index in [0.717, 1.165) is 17.5 Å². The van der Waals surface area contributed by atoms with E-state index in [-0.39, 0.29) is 6.61 Å². The van der Waals surface area contributed by atoms with Crippen molar-refractivity contribution in [3.8, 4) is 5.40 Å². The Balaban J connectivity index is 2.54. The van der Waals surface area contributed by atoms with Crippen LogP contribution in [0, 0.1) is 10.7 Å². The van der Waals surface area contributed by atoms with Gasteiger partial charge in [0, 0.05) is 10.6 Å². The highest BCUT2D eigenvalue weighted by Gasteiger charge is 2.21. The van der Waals surface area contributed by atoms with E-state index in [2.05, 4.69) is 17.3 Å². The van der Waals surface area contributed by atoms with Gasteiger partial charge in [-0.3, -0.25) is 10.2 Å². The van der Waals surface area contributed by atoms with Gasteiger partial charge in [0.25, 0.3) is 5.91 Å². The molecular formula is C16H17IN4O3S. The van der Waals surface area contributed by atoms with Gasteiger partial charge in [0.1, 0.15) is 12.6 Å². The lowest BCUT2D eigenvalue weighted by Crippen LogP contribution is -2.50. The number of amides is 2. The maximum absolute atomic E-state index is 12.2. The highest BCUT2D eigenvalue weighted by molar-refractivity contribution is 14.1. The van der Waals surface area contributed by atoms with Crippen molar-refractivity contribution < 1.29 is 14.3 Å². The number of nitriles is 1. The normalized spacial score (nSPS) is 11.2. The first kappa shape index (κ1) is 20.9. The summed E-state index contributed by atoms with van der Waals surface area (Å²) in [5.41, 5.74) is 3.35. The van der Waals surface area contributed by atoms with Gasteiger partial charge in [-0.05, 0) is 11.6 Å². The molecule has 25 heavy (non-hydrogen) atoms. The Morgan fingerprint density at radius 3 is 2.76 bits per heavy atom. The number of hydrogen-bond acceptors (Lipinski definition) is 6. The van der Waals surface area contributed by atoms with Gasteiger partial charge in [-0.15, -0.1) is 0 Å². The van der Waals surface area contributed by atoms with Crippen molar-refractivity contribution in [3.05, 3.63) is 60.8 Å². The molecule has 0 aliphatic carbocycles. The first-order valence-electron chi connectivity index (χ1n) is 7.09. The van der Waals surface area contributed by atoms with E-state index in [1.165, 1.54) is 16.7 Å². The van der Waals surface area contributed by atoms with Crippen molar-refractivity contribution in [3.63, 3.8) is 0 Å². The first-order chi connectivity index (χ1) is 12.1. The Kier molecular flexibility index (Phi) is 10.2. The number of alkyl carbamates (subject to hydrolysis) is 1. The number of rotatable bonds is 9. The van der Waals surface area contributed by atoms with Gasteiger partial charge < -0.3 is 10.1 Å². The highest BCUT2D eigenvalue weighted by atomic mass is 127. The maximum atomic E-state index is 12.2. The lowest BCUT2D eigenvalue weighted by Gasteiger charge is -2.20. The summed E-state index contributed by atoms with van der Waals surface area (Å²) in [7, 11) is 0. The smallest absolute Gasteiger partial charge is 0.408 e. The highest BCUT2D eigenvalue weighted by Crippen LogP contribution is 2.06. The SMILES string of the molecule is C=C/C=C\N(NC(=O)[C@H](CI)NC(=O)OCc1ccccc1)SC#N. The summed E-state index contributed by atoms with van der Waals surface area (Å²) in [5.74, 6) is -0.470. The molecule has 2 amide bonds. The average Bonchev–Trinajstić information content (AvgIpc) is 2.63. The Morgan fingerprint density at radius 2 is 2.16 bits per heavy atom. The van der Waals surface area contributed by atoms with Crippen LogP contribution in [0.2, 0.25) is 0 Å². The second kappa shape index (κ2) is 12.2. The molecule has 1 aromatic carbocycles.